The highest BCUT2D eigenvalue weighted by Crippen LogP contribution is 2.19. The summed E-state index contributed by atoms with van der Waals surface area (Å²) in [7, 11) is 1.77. The van der Waals surface area contributed by atoms with Gasteiger partial charge in [-0.25, -0.2) is 0 Å². The molecule has 4 aromatic rings. The van der Waals surface area contributed by atoms with Gasteiger partial charge in [0.1, 0.15) is 0 Å². The highest BCUT2D eigenvalue weighted by atomic mass is 32.1. The molecular formula is C29H25N3O2S. The standard InChI is InChI=1S/C29H25N3O2S/c1-32(20-21-9-4-2-5-10-21)28(34)25-13-8-14-26(19-25)30-29(35)31-27(33)24-17-15-23(16-18-24)22-11-6-3-7-12-22/h2-19H,20H2,1H3,(H2,30,31,33,35). The fraction of sp³-hybridized carbons (Fsp3) is 0.0690. The Hall–Kier alpha value is -4.29. The summed E-state index contributed by atoms with van der Waals surface area (Å²) in [6.45, 7) is 0.509. The van der Waals surface area contributed by atoms with E-state index in [-0.39, 0.29) is 16.9 Å². The SMILES string of the molecule is CN(Cc1ccccc1)C(=O)c1cccc(NC(=S)NC(=O)c2ccc(-c3ccccc3)cc2)c1. The van der Waals surface area contributed by atoms with Crippen LogP contribution in [-0.2, 0) is 6.54 Å². The van der Waals surface area contributed by atoms with E-state index in [1.807, 2.05) is 72.8 Å². The van der Waals surface area contributed by atoms with Crippen molar-refractivity contribution in [3.63, 3.8) is 0 Å². The van der Waals surface area contributed by atoms with Crippen LogP contribution in [0.1, 0.15) is 26.3 Å². The van der Waals surface area contributed by atoms with E-state index < -0.39 is 0 Å². The van der Waals surface area contributed by atoms with Crippen LogP contribution in [0.5, 0.6) is 0 Å². The Bertz CT molecular complexity index is 1320. The van der Waals surface area contributed by atoms with Gasteiger partial charge in [-0.15, -0.1) is 0 Å². The first kappa shape index (κ1) is 23.9. The van der Waals surface area contributed by atoms with Crippen molar-refractivity contribution >= 4 is 34.8 Å². The predicted octanol–water partition coefficient (Wildman–Crippen LogP) is 5.75. The molecule has 0 radical (unpaired) electrons. The Labute approximate surface area is 210 Å². The molecule has 0 fully saturated rings. The van der Waals surface area contributed by atoms with Crippen LogP contribution in [0, 0.1) is 0 Å². The molecule has 0 aliphatic rings. The van der Waals surface area contributed by atoms with Crippen molar-refractivity contribution in [2.45, 2.75) is 6.54 Å². The summed E-state index contributed by atoms with van der Waals surface area (Å²) in [5, 5.41) is 5.84. The fourth-order valence-corrected chi connectivity index (χ4v) is 3.87. The first-order valence-electron chi connectivity index (χ1n) is 11.2. The lowest BCUT2D eigenvalue weighted by Gasteiger charge is -2.18. The zero-order chi connectivity index (χ0) is 24.6. The van der Waals surface area contributed by atoms with Gasteiger partial charge in [-0.3, -0.25) is 14.9 Å². The van der Waals surface area contributed by atoms with E-state index in [4.69, 9.17) is 12.2 Å². The predicted molar refractivity (Wildman–Crippen MR) is 144 cm³/mol. The fourth-order valence-electron chi connectivity index (χ4n) is 3.66. The molecule has 0 spiro atoms. The molecule has 2 amide bonds. The largest absolute Gasteiger partial charge is 0.337 e. The van der Waals surface area contributed by atoms with Crippen LogP contribution in [0.15, 0.2) is 109 Å². The summed E-state index contributed by atoms with van der Waals surface area (Å²) in [5.74, 6) is -0.414. The highest BCUT2D eigenvalue weighted by Gasteiger charge is 2.14. The summed E-state index contributed by atoms with van der Waals surface area (Å²) in [4.78, 5) is 27.2. The molecule has 4 aromatic carbocycles. The lowest BCUT2D eigenvalue weighted by atomic mass is 10.0. The number of rotatable bonds is 6. The normalized spacial score (nSPS) is 10.3. The van der Waals surface area contributed by atoms with E-state index in [1.165, 1.54) is 0 Å². The molecule has 174 valence electrons. The first-order valence-corrected chi connectivity index (χ1v) is 11.6. The third-order valence-corrected chi connectivity index (χ3v) is 5.66. The highest BCUT2D eigenvalue weighted by molar-refractivity contribution is 7.80. The van der Waals surface area contributed by atoms with Gasteiger partial charge in [0.2, 0.25) is 0 Å². The average Bonchev–Trinajstić information content (AvgIpc) is 2.89. The van der Waals surface area contributed by atoms with Gasteiger partial charge in [-0.2, -0.15) is 0 Å². The molecule has 0 heterocycles. The maximum Gasteiger partial charge on any atom is 0.257 e. The van der Waals surface area contributed by atoms with Gasteiger partial charge in [-0.1, -0.05) is 78.9 Å². The van der Waals surface area contributed by atoms with E-state index >= 15 is 0 Å². The number of amides is 2. The molecule has 0 unspecified atom stereocenters. The summed E-state index contributed by atoms with van der Waals surface area (Å²) in [6, 6.07) is 34.2. The molecule has 6 heteroatoms. The molecule has 0 aliphatic carbocycles. The molecule has 0 aromatic heterocycles. The summed E-state index contributed by atoms with van der Waals surface area (Å²) >= 11 is 5.32. The molecule has 5 nitrogen and oxygen atoms in total. The number of nitrogens with one attached hydrogen (secondary N) is 2. The number of anilines is 1. The van der Waals surface area contributed by atoms with Gasteiger partial charge in [0.05, 0.1) is 0 Å². The summed E-state index contributed by atoms with van der Waals surface area (Å²) in [6.07, 6.45) is 0. The van der Waals surface area contributed by atoms with Crippen LogP contribution in [0.2, 0.25) is 0 Å². The van der Waals surface area contributed by atoms with Crippen molar-refractivity contribution in [1.29, 1.82) is 0 Å². The number of thiocarbonyl (C=S) groups is 1. The van der Waals surface area contributed by atoms with E-state index in [1.54, 1.807) is 48.3 Å². The first-order chi connectivity index (χ1) is 17.0. The second kappa shape index (κ2) is 11.2. The van der Waals surface area contributed by atoms with Crippen LogP contribution in [-0.4, -0.2) is 28.9 Å². The Balaban J connectivity index is 1.35. The maximum atomic E-state index is 12.9. The van der Waals surface area contributed by atoms with Crippen molar-refractivity contribution in [2.75, 3.05) is 12.4 Å². The van der Waals surface area contributed by atoms with E-state index in [0.29, 0.717) is 23.4 Å². The second-order valence-corrected chi connectivity index (χ2v) is 8.49. The zero-order valence-electron chi connectivity index (χ0n) is 19.3. The third kappa shape index (κ3) is 6.40. The van der Waals surface area contributed by atoms with Crippen LogP contribution >= 0.6 is 12.2 Å². The number of benzene rings is 4. The van der Waals surface area contributed by atoms with Crippen LogP contribution in [0.3, 0.4) is 0 Å². The van der Waals surface area contributed by atoms with E-state index in [2.05, 4.69) is 10.6 Å². The molecule has 4 rings (SSSR count). The quantitative estimate of drug-likeness (QED) is 0.346. The Kier molecular flexibility index (Phi) is 7.65. The number of carbonyl (C=O) groups is 2. The molecular weight excluding hydrogens is 454 g/mol. The number of hydrogen-bond acceptors (Lipinski definition) is 3. The molecule has 0 saturated heterocycles. The second-order valence-electron chi connectivity index (χ2n) is 8.08. The topological polar surface area (TPSA) is 61.4 Å². The summed E-state index contributed by atoms with van der Waals surface area (Å²) in [5.41, 5.74) is 4.81. The van der Waals surface area contributed by atoms with E-state index in [0.717, 1.165) is 16.7 Å². The maximum absolute atomic E-state index is 12.9. The average molecular weight is 480 g/mol. The van der Waals surface area contributed by atoms with Gasteiger partial charge in [0.15, 0.2) is 5.11 Å². The molecule has 0 atom stereocenters. The van der Waals surface area contributed by atoms with Gasteiger partial charge < -0.3 is 10.2 Å². The Morgan fingerprint density at radius 2 is 1.37 bits per heavy atom. The van der Waals surface area contributed by atoms with Crippen LogP contribution in [0.4, 0.5) is 5.69 Å². The Morgan fingerprint density at radius 3 is 2.06 bits per heavy atom. The van der Waals surface area contributed by atoms with Gasteiger partial charge in [-0.05, 0) is 59.2 Å². The van der Waals surface area contributed by atoms with Gasteiger partial charge in [0.25, 0.3) is 11.8 Å². The van der Waals surface area contributed by atoms with Crippen molar-refractivity contribution < 1.29 is 9.59 Å². The summed E-state index contributed by atoms with van der Waals surface area (Å²) < 4.78 is 0. The molecule has 0 saturated carbocycles. The smallest absolute Gasteiger partial charge is 0.257 e. The number of nitrogens with zero attached hydrogens (tertiary/aromatic N) is 1. The lowest BCUT2D eigenvalue weighted by Crippen LogP contribution is -2.34. The molecule has 2 N–H and O–H groups in total. The Morgan fingerprint density at radius 1 is 0.743 bits per heavy atom. The van der Waals surface area contributed by atoms with Crippen molar-refractivity contribution in [3.8, 4) is 11.1 Å². The van der Waals surface area contributed by atoms with Gasteiger partial charge in [0, 0.05) is 30.4 Å². The monoisotopic (exact) mass is 479 g/mol. The van der Waals surface area contributed by atoms with Crippen LogP contribution in [0.25, 0.3) is 11.1 Å². The molecule has 35 heavy (non-hydrogen) atoms. The minimum absolute atomic E-state index is 0.106. The molecule has 0 aliphatic heterocycles. The third-order valence-electron chi connectivity index (χ3n) is 5.46. The molecule has 0 bridgehead atoms. The lowest BCUT2D eigenvalue weighted by molar-refractivity contribution is 0.0785. The van der Waals surface area contributed by atoms with Gasteiger partial charge >= 0.3 is 0 Å². The minimum Gasteiger partial charge on any atom is -0.337 e. The minimum atomic E-state index is -0.308. The van der Waals surface area contributed by atoms with Crippen LogP contribution < -0.4 is 10.6 Å². The van der Waals surface area contributed by atoms with Crippen molar-refractivity contribution in [3.05, 3.63) is 126 Å². The number of hydrogen-bond donors (Lipinski definition) is 2. The zero-order valence-corrected chi connectivity index (χ0v) is 20.1. The number of carbonyl (C=O) groups excluding carboxylic acids is 2. The van der Waals surface area contributed by atoms with E-state index in [9.17, 15) is 9.59 Å². The van der Waals surface area contributed by atoms with Crippen molar-refractivity contribution in [1.82, 2.24) is 10.2 Å². The van der Waals surface area contributed by atoms with Crippen molar-refractivity contribution in [2.24, 2.45) is 0 Å².